The van der Waals surface area contributed by atoms with Crippen LogP contribution in [0.4, 0.5) is 0 Å². The Morgan fingerprint density at radius 1 is 1.02 bits per heavy atom. The van der Waals surface area contributed by atoms with Crippen LogP contribution in [0.5, 0.6) is 0 Å². The molecular weight excluding hydrogens is 550 g/mol. The molecule has 3 aliphatic heterocycles. The van der Waals surface area contributed by atoms with Crippen LogP contribution < -0.4 is 10.6 Å². The molecule has 1 aromatic carbocycles. The summed E-state index contributed by atoms with van der Waals surface area (Å²) in [6.45, 7) is 9.97. The molecule has 234 valence electrons. The van der Waals surface area contributed by atoms with E-state index in [-0.39, 0.29) is 48.8 Å². The Hall–Kier alpha value is -3.35. The predicted octanol–water partition coefficient (Wildman–Crippen LogP) is 1.42. The zero-order chi connectivity index (χ0) is 30.5. The van der Waals surface area contributed by atoms with Crippen molar-refractivity contribution in [2.75, 3.05) is 52.6 Å². The van der Waals surface area contributed by atoms with Crippen molar-refractivity contribution in [2.24, 2.45) is 0 Å². The van der Waals surface area contributed by atoms with Crippen LogP contribution in [0.2, 0.25) is 0 Å². The van der Waals surface area contributed by atoms with Crippen LogP contribution in [-0.4, -0.2) is 107 Å². The molecule has 2 atom stereocenters. The first-order chi connectivity index (χ1) is 20.6. The number of hydrogen-bond acceptors (Lipinski definition) is 8. The van der Waals surface area contributed by atoms with E-state index in [1.165, 1.54) is 5.56 Å². The van der Waals surface area contributed by atoms with Crippen LogP contribution in [0.3, 0.4) is 0 Å². The van der Waals surface area contributed by atoms with Crippen LogP contribution >= 0.6 is 0 Å². The fraction of sp³-hybridized carbons (Fsp3) is 0.645. The molecule has 43 heavy (non-hydrogen) atoms. The lowest BCUT2D eigenvalue weighted by Crippen LogP contribution is -2.58. The topological polar surface area (TPSA) is 131 Å². The molecule has 12 heteroatoms. The molecule has 12 nitrogen and oxygen atoms in total. The first-order valence-corrected chi connectivity index (χ1v) is 15.3. The van der Waals surface area contributed by atoms with Crippen LogP contribution in [0, 0.1) is 0 Å². The predicted molar refractivity (Wildman–Crippen MR) is 159 cm³/mol. The van der Waals surface area contributed by atoms with E-state index in [2.05, 4.69) is 58.7 Å². The largest absolute Gasteiger partial charge is 0.377 e. The third kappa shape index (κ3) is 7.98. The van der Waals surface area contributed by atoms with Gasteiger partial charge in [-0.15, -0.1) is 5.10 Å². The lowest BCUT2D eigenvalue weighted by atomic mass is 9.83. The van der Waals surface area contributed by atoms with Gasteiger partial charge in [-0.05, 0) is 18.4 Å². The fourth-order valence-corrected chi connectivity index (χ4v) is 6.13. The van der Waals surface area contributed by atoms with Crippen molar-refractivity contribution in [2.45, 2.75) is 76.0 Å². The summed E-state index contributed by atoms with van der Waals surface area (Å²) in [6, 6.07) is 9.45. The van der Waals surface area contributed by atoms with Gasteiger partial charge >= 0.3 is 0 Å². The van der Waals surface area contributed by atoms with E-state index in [1.807, 2.05) is 24.4 Å². The quantitative estimate of drug-likeness (QED) is 0.545. The zero-order valence-electron chi connectivity index (χ0n) is 25.6. The molecule has 2 aromatic rings. The number of piperidine rings is 1. The minimum absolute atomic E-state index is 0.0966. The van der Waals surface area contributed by atoms with Crippen LogP contribution in [-0.2, 0) is 35.8 Å². The number of likely N-dealkylation sites (tertiary alicyclic amines) is 1. The van der Waals surface area contributed by atoms with E-state index in [0.717, 1.165) is 25.3 Å². The first-order valence-electron chi connectivity index (χ1n) is 15.3. The van der Waals surface area contributed by atoms with Crippen molar-refractivity contribution in [3.8, 4) is 0 Å². The lowest BCUT2D eigenvalue weighted by molar-refractivity contribution is -0.141. The zero-order valence-corrected chi connectivity index (χ0v) is 25.6. The van der Waals surface area contributed by atoms with Crippen molar-refractivity contribution in [3.63, 3.8) is 0 Å². The van der Waals surface area contributed by atoms with Gasteiger partial charge in [0.1, 0.15) is 12.6 Å². The standard InChI is InChI=1S/C31H45N7O5/c1-30(2,3)26-21-38(35-34-26)24-17-25-29(41)32-11-14-42-15-16-43-22-27(39)33-31(18-28(40)37(25)20-24)9-12-36(13-10-31)19-23-7-5-4-6-8-23/h4-8,21,24-25H,9-20,22H2,1-3H3,(H,32,41)(H,33,39)/t24-,25-/m0/s1. The van der Waals surface area contributed by atoms with Crippen molar-refractivity contribution in [1.29, 1.82) is 0 Å². The number of nitrogens with one attached hydrogen (secondary N) is 2. The summed E-state index contributed by atoms with van der Waals surface area (Å²) in [7, 11) is 0. The molecule has 1 spiro atoms. The second-order valence-corrected chi connectivity index (χ2v) is 13.0. The monoisotopic (exact) mass is 595 g/mol. The SMILES string of the molecule is CC(C)(C)c1cn([C@H]2C[C@H]3C(=O)NCCOCCOCC(=O)NC4(CCN(Cc5ccccc5)CC4)CC(=O)N3C2)nn1. The summed E-state index contributed by atoms with van der Waals surface area (Å²) in [5, 5.41) is 14.8. The minimum atomic E-state index is -0.732. The molecule has 0 unspecified atom stereocenters. The van der Waals surface area contributed by atoms with Crippen LogP contribution in [0.15, 0.2) is 36.5 Å². The maximum atomic E-state index is 14.1. The summed E-state index contributed by atoms with van der Waals surface area (Å²) < 4.78 is 12.9. The molecule has 0 bridgehead atoms. The van der Waals surface area contributed by atoms with E-state index < -0.39 is 11.6 Å². The van der Waals surface area contributed by atoms with Gasteiger partial charge in [0, 0.05) is 50.8 Å². The molecule has 0 radical (unpaired) electrons. The van der Waals surface area contributed by atoms with Gasteiger partial charge < -0.3 is 25.0 Å². The Morgan fingerprint density at radius 3 is 2.49 bits per heavy atom. The summed E-state index contributed by atoms with van der Waals surface area (Å²) in [6.07, 6.45) is 3.70. The van der Waals surface area contributed by atoms with E-state index in [4.69, 9.17) is 9.47 Å². The number of hydrogen-bond donors (Lipinski definition) is 2. The van der Waals surface area contributed by atoms with Gasteiger partial charge in [-0.1, -0.05) is 56.3 Å². The molecule has 0 aliphatic carbocycles. The van der Waals surface area contributed by atoms with Crippen molar-refractivity contribution >= 4 is 17.7 Å². The smallest absolute Gasteiger partial charge is 0.246 e. The number of carbonyl (C=O) groups is 3. The molecule has 3 amide bonds. The van der Waals surface area contributed by atoms with Crippen molar-refractivity contribution in [3.05, 3.63) is 47.8 Å². The van der Waals surface area contributed by atoms with E-state index in [1.54, 1.807) is 9.58 Å². The number of aromatic nitrogens is 3. The molecule has 3 aliphatic rings. The Balaban J connectivity index is 1.35. The van der Waals surface area contributed by atoms with Gasteiger partial charge in [-0.25, -0.2) is 4.68 Å². The number of nitrogens with zero attached hydrogens (tertiary/aromatic N) is 5. The number of carbonyl (C=O) groups excluding carboxylic acids is 3. The minimum Gasteiger partial charge on any atom is -0.377 e. The molecule has 2 N–H and O–H groups in total. The first kappa shape index (κ1) is 31.1. The molecule has 0 saturated carbocycles. The number of amides is 3. The highest BCUT2D eigenvalue weighted by atomic mass is 16.5. The van der Waals surface area contributed by atoms with Gasteiger partial charge in [0.25, 0.3) is 0 Å². The molecule has 5 rings (SSSR count). The normalized spacial score (nSPS) is 24.9. The highest BCUT2D eigenvalue weighted by Gasteiger charge is 2.45. The van der Waals surface area contributed by atoms with Gasteiger partial charge in [0.2, 0.25) is 17.7 Å². The maximum absolute atomic E-state index is 14.1. The Morgan fingerprint density at radius 2 is 1.77 bits per heavy atom. The number of benzene rings is 1. The van der Waals surface area contributed by atoms with Crippen molar-refractivity contribution < 1.29 is 23.9 Å². The molecule has 3 saturated heterocycles. The lowest BCUT2D eigenvalue weighted by Gasteiger charge is -2.43. The van der Waals surface area contributed by atoms with Gasteiger partial charge in [-0.3, -0.25) is 19.3 Å². The summed E-state index contributed by atoms with van der Waals surface area (Å²) in [4.78, 5) is 44.6. The maximum Gasteiger partial charge on any atom is 0.246 e. The summed E-state index contributed by atoms with van der Waals surface area (Å²) >= 11 is 0. The number of fused-ring (bicyclic) bond motifs is 1. The highest BCUT2D eigenvalue weighted by Crippen LogP contribution is 2.33. The number of rotatable bonds is 3. The fourth-order valence-electron chi connectivity index (χ4n) is 6.13. The van der Waals surface area contributed by atoms with Crippen LogP contribution in [0.25, 0.3) is 0 Å². The molecule has 3 fully saturated rings. The van der Waals surface area contributed by atoms with Crippen LogP contribution in [0.1, 0.15) is 63.8 Å². The van der Waals surface area contributed by atoms with E-state index >= 15 is 0 Å². The van der Waals surface area contributed by atoms with Gasteiger partial charge in [0.05, 0.1) is 43.5 Å². The van der Waals surface area contributed by atoms with Crippen molar-refractivity contribution in [1.82, 2.24) is 35.4 Å². The van der Waals surface area contributed by atoms with Gasteiger partial charge in [0.15, 0.2) is 0 Å². The molecular formula is C31H45N7O5. The van der Waals surface area contributed by atoms with E-state index in [0.29, 0.717) is 45.6 Å². The molecule has 4 heterocycles. The summed E-state index contributed by atoms with van der Waals surface area (Å²) in [5.74, 6) is -0.614. The third-order valence-corrected chi connectivity index (χ3v) is 8.66. The Kier molecular flexibility index (Phi) is 9.78. The summed E-state index contributed by atoms with van der Waals surface area (Å²) in [5.41, 5.74) is 1.18. The highest BCUT2D eigenvalue weighted by molar-refractivity contribution is 5.89. The average Bonchev–Trinajstić information content (AvgIpc) is 3.64. The third-order valence-electron chi connectivity index (χ3n) is 8.66. The Labute approximate surface area is 253 Å². The second-order valence-electron chi connectivity index (χ2n) is 13.0. The average molecular weight is 596 g/mol. The van der Waals surface area contributed by atoms with E-state index in [9.17, 15) is 14.4 Å². The second kappa shape index (κ2) is 13.5. The number of ether oxygens (including phenoxy) is 2. The Bertz CT molecular complexity index is 1250. The molecule has 1 aromatic heterocycles. The van der Waals surface area contributed by atoms with Gasteiger partial charge in [-0.2, -0.15) is 0 Å².